The molecule has 0 saturated carbocycles. The number of hydrogen-bond acceptors (Lipinski definition) is 4. The largest absolute Gasteiger partial charge is 0.384 e. The second kappa shape index (κ2) is 4.93. The van der Waals surface area contributed by atoms with Crippen LogP contribution in [0.3, 0.4) is 0 Å². The van der Waals surface area contributed by atoms with Crippen molar-refractivity contribution in [1.29, 1.82) is 0 Å². The van der Waals surface area contributed by atoms with Crippen LogP contribution in [0.15, 0.2) is 36.4 Å². The van der Waals surface area contributed by atoms with Crippen LogP contribution < -0.4 is 5.73 Å². The lowest BCUT2D eigenvalue weighted by atomic mass is 10.1. The number of nitrogen functional groups attached to an aromatic ring is 1. The maximum absolute atomic E-state index is 5.72. The number of benzene rings is 1. The number of aromatic nitrogens is 2. The van der Waals surface area contributed by atoms with Gasteiger partial charge in [-0.3, -0.25) is 0 Å². The van der Waals surface area contributed by atoms with Gasteiger partial charge in [-0.25, -0.2) is 9.97 Å². The maximum atomic E-state index is 5.72. The summed E-state index contributed by atoms with van der Waals surface area (Å²) in [4.78, 5) is 8.59. The van der Waals surface area contributed by atoms with Crippen molar-refractivity contribution in [2.75, 3.05) is 12.8 Å². The summed E-state index contributed by atoms with van der Waals surface area (Å²) in [6.07, 6.45) is -0.279. The summed E-state index contributed by atoms with van der Waals surface area (Å²) in [5.74, 6) is 1.06. The fourth-order valence-corrected chi connectivity index (χ4v) is 1.75. The standard InChI is InChI=1S/C13H15N3O/c1-9-8-11(14)16-13(15-9)12(17-2)10-6-4-3-5-7-10/h3-8,12H,1-2H3,(H2,14,15,16). The highest BCUT2D eigenvalue weighted by Crippen LogP contribution is 2.22. The minimum atomic E-state index is -0.279. The number of nitrogens with two attached hydrogens (primary N) is 1. The molecule has 1 atom stereocenters. The van der Waals surface area contributed by atoms with Gasteiger partial charge in [-0.05, 0) is 12.5 Å². The lowest BCUT2D eigenvalue weighted by Crippen LogP contribution is -2.10. The molecule has 2 aromatic rings. The van der Waals surface area contributed by atoms with E-state index in [4.69, 9.17) is 10.5 Å². The van der Waals surface area contributed by atoms with E-state index in [1.807, 2.05) is 37.3 Å². The summed E-state index contributed by atoms with van der Waals surface area (Å²) in [7, 11) is 1.64. The summed E-state index contributed by atoms with van der Waals surface area (Å²) in [5, 5.41) is 0. The predicted molar refractivity (Wildman–Crippen MR) is 66.5 cm³/mol. The van der Waals surface area contributed by atoms with Gasteiger partial charge in [0.15, 0.2) is 5.82 Å². The summed E-state index contributed by atoms with van der Waals surface area (Å²) < 4.78 is 5.45. The van der Waals surface area contributed by atoms with Crippen molar-refractivity contribution in [3.8, 4) is 0 Å². The van der Waals surface area contributed by atoms with Crippen LogP contribution in [0.25, 0.3) is 0 Å². The average molecular weight is 229 g/mol. The third-order valence-electron chi connectivity index (χ3n) is 2.46. The molecule has 0 amide bonds. The molecule has 1 unspecified atom stereocenters. The first-order valence-electron chi connectivity index (χ1n) is 5.39. The summed E-state index contributed by atoms with van der Waals surface area (Å²) in [6.45, 7) is 1.89. The summed E-state index contributed by atoms with van der Waals surface area (Å²) in [6, 6.07) is 11.6. The second-order valence-corrected chi connectivity index (χ2v) is 3.82. The molecule has 0 spiro atoms. The Bertz CT molecular complexity index is 479. The van der Waals surface area contributed by atoms with Gasteiger partial charge >= 0.3 is 0 Å². The molecule has 0 fully saturated rings. The molecule has 0 aliphatic carbocycles. The molecule has 17 heavy (non-hydrogen) atoms. The van der Waals surface area contributed by atoms with E-state index in [-0.39, 0.29) is 6.10 Å². The van der Waals surface area contributed by atoms with Gasteiger partial charge in [0.05, 0.1) is 0 Å². The van der Waals surface area contributed by atoms with E-state index in [0.717, 1.165) is 11.3 Å². The number of hydrogen-bond donors (Lipinski definition) is 1. The Hall–Kier alpha value is -1.94. The molecule has 4 heteroatoms. The fraction of sp³-hybridized carbons (Fsp3) is 0.231. The number of aryl methyl sites for hydroxylation is 1. The Labute approximate surface area is 100 Å². The third kappa shape index (κ3) is 2.60. The zero-order valence-electron chi connectivity index (χ0n) is 9.92. The van der Waals surface area contributed by atoms with E-state index in [1.54, 1.807) is 13.2 Å². The van der Waals surface area contributed by atoms with Crippen LogP contribution in [-0.2, 0) is 4.74 Å². The van der Waals surface area contributed by atoms with Gasteiger partial charge in [-0.1, -0.05) is 30.3 Å². The van der Waals surface area contributed by atoms with Crippen molar-refractivity contribution in [3.05, 3.63) is 53.5 Å². The SMILES string of the molecule is COC(c1ccccc1)c1nc(C)cc(N)n1. The van der Waals surface area contributed by atoms with Crippen molar-refractivity contribution in [2.45, 2.75) is 13.0 Å². The van der Waals surface area contributed by atoms with Gasteiger partial charge in [0.1, 0.15) is 11.9 Å². The van der Waals surface area contributed by atoms with Gasteiger partial charge in [0.25, 0.3) is 0 Å². The number of ether oxygens (including phenoxy) is 1. The van der Waals surface area contributed by atoms with Crippen molar-refractivity contribution < 1.29 is 4.74 Å². The molecule has 4 nitrogen and oxygen atoms in total. The van der Waals surface area contributed by atoms with E-state index in [0.29, 0.717) is 11.6 Å². The highest BCUT2D eigenvalue weighted by molar-refractivity contribution is 5.32. The first-order valence-corrected chi connectivity index (χ1v) is 5.39. The fourth-order valence-electron chi connectivity index (χ4n) is 1.75. The lowest BCUT2D eigenvalue weighted by Gasteiger charge is -2.15. The lowest BCUT2D eigenvalue weighted by molar-refractivity contribution is 0.129. The average Bonchev–Trinajstić information content (AvgIpc) is 2.30. The molecule has 2 rings (SSSR count). The molecule has 0 aliphatic rings. The molecule has 1 aromatic carbocycles. The van der Waals surface area contributed by atoms with Crippen LogP contribution in [0.1, 0.15) is 23.2 Å². The number of methoxy groups -OCH3 is 1. The molecular weight excluding hydrogens is 214 g/mol. The minimum absolute atomic E-state index is 0.279. The maximum Gasteiger partial charge on any atom is 0.164 e. The van der Waals surface area contributed by atoms with E-state index in [2.05, 4.69) is 9.97 Å². The van der Waals surface area contributed by atoms with Crippen LogP contribution in [0, 0.1) is 6.92 Å². The van der Waals surface area contributed by atoms with Crippen molar-refractivity contribution in [3.63, 3.8) is 0 Å². The summed E-state index contributed by atoms with van der Waals surface area (Å²) >= 11 is 0. The van der Waals surface area contributed by atoms with E-state index < -0.39 is 0 Å². The Morgan fingerprint density at radius 2 is 1.88 bits per heavy atom. The molecule has 1 heterocycles. The van der Waals surface area contributed by atoms with E-state index in [9.17, 15) is 0 Å². The van der Waals surface area contributed by atoms with Gasteiger partial charge in [-0.15, -0.1) is 0 Å². The topological polar surface area (TPSA) is 61.0 Å². The molecule has 0 aliphatic heterocycles. The molecule has 88 valence electrons. The van der Waals surface area contributed by atoms with Crippen LogP contribution in [0.4, 0.5) is 5.82 Å². The highest BCUT2D eigenvalue weighted by atomic mass is 16.5. The number of anilines is 1. The smallest absolute Gasteiger partial charge is 0.164 e. The Balaban J connectivity index is 2.42. The van der Waals surface area contributed by atoms with Crippen LogP contribution in [0.2, 0.25) is 0 Å². The second-order valence-electron chi connectivity index (χ2n) is 3.82. The Kier molecular flexibility index (Phi) is 3.35. The molecular formula is C13H15N3O. The van der Waals surface area contributed by atoms with Crippen molar-refractivity contribution in [2.24, 2.45) is 0 Å². The molecule has 1 aromatic heterocycles. The highest BCUT2D eigenvalue weighted by Gasteiger charge is 2.16. The van der Waals surface area contributed by atoms with E-state index in [1.165, 1.54) is 0 Å². The van der Waals surface area contributed by atoms with Crippen LogP contribution in [-0.4, -0.2) is 17.1 Å². The molecule has 0 saturated heterocycles. The molecule has 0 bridgehead atoms. The number of nitrogens with zero attached hydrogens (tertiary/aromatic N) is 2. The Morgan fingerprint density at radius 3 is 2.47 bits per heavy atom. The van der Waals surface area contributed by atoms with Crippen molar-refractivity contribution >= 4 is 5.82 Å². The van der Waals surface area contributed by atoms with Gasteiger partial charge in [-0.2, -0.15) is 0 Å². The third-order valence-corrected chi connectivity index (χ3v) is 2.46. The van der Waals surface area contributed by atoms with Crippen LogP contribution in [0.5, 0.6) is 0 Å². The van der Waals surface area contributed by atoms with Crippen molar-refractivity contribution in [1.82, 2.24) is 9.97 Å². The predicted octanol–water partition coefficient (Wildman–Crippen LogP) is 2.10. The zero-order chi connectivity index (χ0) is 12.3. The van der Waals surface area contributed by atoms with Gasteiger partial charge < -0.3 is 10.5 Å². The monoisotopic (exact) mass is 229 g/mol. The number of rotatable bonds is 3. The van der Waals surface area contributed by atoms with E-state index >= 15 is 0 Å². The normalized spacial score (nSPS) is 12.4. The first kappa shape index (κ1) is 11.5. The van der Waals surface area contributed by atoms with Gasteiger partial charge in [0.2, 0.25) is 0 Å². The van der Waals surface area contributed by atoms with Crippen LogP contribution >= 0.6 is 0 Å². The minimum Gasteiger partial charge on any atom is -0.384 e. The Morgan fingerprint density at radius 1 is 1.18 bits per heavy atom. The molecule has 2 N–H and O–H groups in total. The zero-order valence-corrected chi connectivity index (χ0v) is 9.92. The quantitative estimate of drug-likeness (QED) is 0.875. The molecule has 0 radical (unpaired) electrons. The first-order chi connectivity index (χ1) is 8.20. The summed E-state index contributed by atoms with van der Waals surface area (Å²) in [5.41, 5.74) is 7.58. The van der Waals surface area contributed by atoms with Gasteiger partial charge in [0, 0.05) is 18.9 Å².